The first kappa shape index (κ1) is 84.3. The van der Waals surface area contributed by atoms with Crippen LogP contribution in [0, 0.1) is 16.2 Å². The summed E-state index contributed by atoms with van der Waals surface area (Å²) < 4.78 is 105. The molecule has 3 aliphatic heterocycles. The maximum Gasteiger partial charge on any atom is 0.416 e. The van der Waals surface area contributed by atoms with Crippen molar-refractivity contribution in [1.82, 2.24) is 15.6 Å². The van der Waals surface area contributed by atoms with E-state index in [-0.39, 0.29) is 108 Å². The number of carbonyl (C=O) groups excluding carboxylic acids is 9. The molecule has 0 spiro atoms. The van der Waals surface area contributed by atoms with Crippen LogP contribution in [-0.4, -0.2) is 57.9 Å². The average Bonchev–Trinajstić information content (AvgIpc) is 1.65. The van der Waals surface area contributed by atoms with Crippen molar-refractivity contribution < 1.29 is 78.3 Å². The van der Waals surface area contributed by atoms with Crippen LogP contribution in [0.15, 0.2) is 176 Å². The molecule has 0 radical (unpaired) electrons. The highest BCUT2D eigenvalue weighted by Crippen LogP contribution is 2.39. The van der Waals surface area contributed by atoms with E-state index in [1.807, 2.05) is 26.8 Å². The number of alkyl halides is 8. The van der Waals surface area contributed by atoms with Crippen molar-refractivity contribution in [2.75, 3.05) is 25.3 Å². The predicted octanol–water partition coefficient (Wildman–Crippen LogP) is 19.7. The van der Waals surface area contributed by atoms with Gasteiger partial charge in [-0.3, -0.25) is 48.1 Å². The smallest absolute Gasteiger partial charge is 0.352 e. The first-order chi connectivity index (χ1) is 52.9. The lowest BCUT2D eigenvalue weighted by molar-refractivity contribution is -0.138. The van der Waals surface area contributed by atoms with Crippen molar-refractivity contribution in [1.29, 1.82) is 0 Å². The second kappa shape index (κ2) is 34.0. The van der Waals surface area contributed by atoms with E-state index in [0.29, 0.717) is 72.6 Å². The van der Waals surface area contributed by atoms with Gasteiger partial charge in [-0.05, 0) is 173 Å². The molecule has 8 aromatic carbocycles. The second-order valence-electron chi connectivity index (χ2n) is 30.2. The summed E-state index contributed by atoms with van der Waals surface area (Å²) in [6.45, 7) is 17.4. The Labute approximate surface area is 661 Å². The fourth-order valence-electron chi connectivity index (χ4n) is 12.1. The summed E-state index contributed by atoms with van der Waals surface area (Å²) in [6, 6.07) is 41.9. The van der Waals surface area contributed by atoms with Crippen molar-refractivity contribution in [3.05, 3.63) is 280 Å². The Morgan fingerprint density at radius 3 is 1.32 bits per heavy atom. The topological polar surface area (TPSA) is 224 Å². The van der Waals surface area contributed by atoms with Crippen LogP contribution < -0.4 is 36.0 Å². The number of aromatic nitrogens is 1. The number of pyridine rings is 1. The number of amides is 7. The zero-order valence-corrected chi connectivity index (χ0v) is 64.9. The van der Waals surface area contributed by atoms with Gasteiger partial charge in [0.25, 0.3) is 36.0 Å². The molecule has 12 rings (SSSR count). The lowest BCUT2D eigenvalue weighted by atomic mass is 9.87. The van der Waals surface area contributed by atoms with Crippen LogP contribution in [0.2, 0.25) is 15.1 Å². The van der Waals surface area contributed by atoms with Crippen LogP contribution in [0.1, 0.15) is 193 Å². The highest BCUT2D eigenvalue weighted by molar-refractivity contribution is 6.35. The van der Waals surface area contributed by atoms with Gasteiger partial charge in [0, 0.05) is 104 Å². The highest BCUT2D eigenvalue weighted by atomic mass is 35.5. The molecule has 0 aliphatic carbocycles. The summed E-state index contributed by atoms with van der Waals surface area (Å²) in [4.78, 5) is 123. The minimum atomic E-state index is -4.56. The molecule has 588 valence electrons. The van der Waals surface area contributed by atoms with Crippen molar-refractivity contribution in [2.45, 2.75) is 133 Å². The lowest BCUT2D eigenvalue weighted by Crippen LogP contribution is -2.34. The van der Waals surface area contributed by atoms with Gasteiger partial charge in [-0.2, -0.15) is 26.3 Å². The quantitative estimate of drug-likeness (QED) is 0.0470. The highest BCUT2D eigenvalue weighted by Gasteiger charge is 2.37. The van der Waals surface area contributed by atoms with Crippen LogP contribution in [0.25, 0.3) is 0 Å². The molecule has 4 N–H and O–H groups in total. The minimum Gasteiger partial charge on any atom is -0.352 e. The van der Waals surface area contributed by atoms with E-state index < -0.39 is 75.3 Å². The number of nitrogens with zero attached hydrogens (tertiary/aromatic N) is 4. The Kier molecular flexibility index (Phi) is 25.4. The summed E-state index contributed by atoms with van der Waals surface area (Å²) in [6.07, 6.45) is -10.7. The first-order valence-corrected chi connectivity index (χ1v) is 36.6. The van der Waals surface area contributed by atoms with Gasteiger partial charge >= 0.3 is 12.4 Å². The molecule has 113 heavy (non-hydrogen) atoms. The number of rotatable bonds is 18. The van der Waals surface area contributed by atoms with Gasteiger partial charge < -0.3 is 36.0 Å². The molecule has 3 aliphatic rings. The largest absolute Gasteiger partial charge is 0.416 e. The normalized spacial score (nSPS) is 13.3. The van der Waals surface area contributed by atoms with Gasteiger partial charge in [-0.15, -0.1) is 0 Å². The summed E-state index contributed by atoms with van der Waals surface area (Å²) in [5.41, 5.74) is 3.81. The number of hydrogen-bond acceptors (Lipinski definition) is 10. The number of Topliss-reactive ketones (excluding diaryl/α,β-unsaturated/α-hetero) is 2. The number of anilines is 5. The van der Waals surface area contributed by atoms with Crippen LogP contribution in [0.4, 0.5) is 63.6 Å². The van der Waals surface area contributed by atoms with Gasteiger partial charge in [0.05, 0.1) is 51.9 Å². The number of halogens is 11. The molecule has 0 bridgehead atoms. The zero-order chi connectivity index (χ0) is 82.6. The Bertz CT molecular complexity index is 5230. The van der Waals surface area contributed by atoms with Crippen LogP contribution in [0.3, 0.4) is 0 Å². The fourth-order valence-corrected chi connectivity index (χ4v) is 12.6. The van der Waals surface area contributed by atoms with Gasteiger partial charge in [0.1, 0.15) is 11.5 Å². The molecule has 9 aromatic rings. The van der Waals surface area contributed by atoms with Crippen LogP contribution in [-0.2, 0) is 72.3 Å². The maximum atomic E-state index is 13.7. The van der Waals surface area contributed by atoms with Gasteiger partial charge in [-0.25, -0.2) is 8.78 Å². The predicted molar refractivity (Wildman–Crippen MR) is 417 cm³/mol. The van der Waals surface area contributed by atoms with E-state index in [1.165, 1.54) is 58.5 Å². The molecule has 0 atom stereocenters. The molecule has 28 heteroatoms. The van der Waals surface area contributed by atoms with Gasteiger partial charge in [-0.1, -0.05) is 140 Å². The zero-order valence-electron chi connectivity index (χ0n) is 62.6. The molecule has 7 amide bonds. The van der Waals surface area contributed by atoms with E-state index in [1.54, 1.807) is 144 Å². The Morgan fingerprint density at radius 1 is 0.451 bits per heavy atom. The average molecular weight is 1610 g/mol. The Balaban J connectivity index is 0.000000180. The van der Waals surface area contributed by atoms with E-state index in [4.69, 9.17) is 34.8 Å². The third-order valence-electron chi connectivity index (χ3n) is 18.6. The second-order valence-corrected chi connectivity index (χ2v) is 31.5. The summed E-state index contributed by atoms with van der Waals surface area (Å²) in [5, 5.41) is 12.4. The molecule has 0 saturated carbocycles. The SMILES string of the molecule is CC(C)(C)C(=O)CCc1cnc(C(F)F)c(C(=O)Cc2ccc3c(c2)C(=O)N(c2cccc(C(F)(F)F)c2)C3)c1.CC(C)(C)C(=O)NCc1ccc(Cl)c(C(=O)Nc2ccc3c(c2)C(=O)N(c2ccc(C(F)(F)F)cc2)C3)c1.CC(C)(C)C(=O)NCc1ccc(Cl)c(C(=O)Nc2ccc3c(c2)C(=O)N(c2ccc(Cl)cc2)C3)c1. The Hall–Kier alpha value is -11.2. The Morgan fingerprint density at radius 2 is 0.876 bits per heavy atom. The van der Waals surface area contributed by atoms with Crippen molar-refractivity contribution in [3.8, 4) is 0 Å². The molecule has 0 saturated heterocycles. The summed E-state index contributed by atoms with van der Waals surface area (Å²) >= 11 is 18.5. The third-order valence-corrected chi connectivity index (χ3v) is 19.5. The molecule has 17 nitrogen and oxygen atoms in total. The lowest BCUT2D eigenvalue weighted by Gasteiger charge is -2.18. The molecule has 0 fully saturated rings. The number of benzene rings is 8. The molecule has 1 aromatic heterocycles. The number of fused-ring (bicyclic) bond motifs is 3. The number of hydrogen-bond donors (Lipinski definition) is 4. The summed E-state index contributed by atoms with van der Waals surface area (Å²) in [7, 11) is 0. The molecule has 0 unspecified atom stereocenters. The third kappa shape index (κ3) is 20.8. The molecular weight excluding hydrogens is 1540 g/mol. The van der Waals surface area contributed by atoms with Crippen molar-refractivity contribution in [3.63, 3.8) is 0 Å². The van der Waals surface area contributed by atoms with Crippen molar-refractivity contribution >= 4 is 116 Å². The minimum absolute atomic E-state index is 0.0136. The summed E-state index contributed by atoms with van der Waals surface area (Å²) in [5.74, 6) is -2.82. The molecule has 4 heterocycles. The number of nitrogens with one attached hydrogen (secondary N) is 4. The monoisotopic (exact) mass is 1610 g/mol. The number of aryl methyl sites for hydroxylation is 1. The van der Waals surface area contributed by atoms with Crippen LogP contribution >= 0.6 is 34.8 Å². The molecular formula is C85H77Cl3F8N8O9. The standard InChI is InChI=1S/C30H27F5N2O3.C28H25ClF3N3O3.C27H25Cl2N3O3/c1-29(2,3)25(39)10-8-18-12-23(26(27(31)32)36-15-18)24(38)13-17-7-9-19-16-37(28(40)22(19)11-17)21-6-4-5-20(14-21)30(33,34)35;1-27(2,3)26(38)33-14-16-4-11-23(29)22(12-16)24(36)34-19-8-5-17-15-35(25(37)21(17)13-19)20-9-6-18(7-10-20)28(30,31)32;1-27(2,3)26(35)30-14-16-4-11-23(29)22(12-16)24(33)31-19-8-5-17-15-32(25(34)21(17)13-19)20-9-6-18(28)7-10-20/h4-7,9,11-12,14-15,27H,8,10,13,16H2,1-3H3;4-13H,14-15H2,1-3H3,(H,33,38)(H,34,36);4-13H,14-15H2,1-3H3,(H,30,35)(H,31,33). The number of carbonyl (C=O) groups is 9. The van der Waals surface area contributed by atoms with E-state index >= 15 is 0 Å². The van der Waals surface area contributed by atoms with E-state index in [2.05, 4.69) is 26.3 Å². The van der Waals surface area contributed by atoms with Gasteiger partial charge in [0.2, 0.25) is 11.8 Å². The maximum absolute atomic E-state index is 13.7. The first-order valence-electron chi connectivity index (χ1n) is 35.4. The van der Waals surface area contributed by atoms with Gasteiger partial charge in [0.15, 0.2) is 5.78 Å². The fraction of sp³-hybridized carbons (Fsp3) is 0.271. The van der Waals surface area contributed by atoms with Crippen LogP contribution in [0.5, 0.6) is 0 Å². The number of ketones is 2. The van der Waals surface area contributed by atoms with Crippen molar-refractivity contribution in [2.24, 2.45) is 16.2 Å². The van der Waals surface area contributed by atoms with E-state index in [0.717, 1.165) is 41.1 Å². The van der Waals surface area contributed by atoms with E-state index in [9.17, 15) is 78.3 Å².